The standard InChI is InChI=1S/C25H26Cl2F4N4O4/c1-13-9-16(26)18(20(27)33-13)17(36)11-34(12-24(28)7-8-24)21(37)15-10-32-35(19(15)25(29,30)31)14-3-5-23(2,6-4-14)22(38)39/h9-10,14H,3-8,11-12H2,1-2H3,(H,38,39)/t14-,23-. The summed E-state index contributed by atoms with van der Waals surface area (Å²) < 4.78 is 58.4. The molecule has 0 unspecified atom stereocenters. The molecular weight excluding hydrogens is 567 g/mol. The molecule has 0 aliphatic heterocycles. The van der Waals surface area contributed by atoms with Crippen LogP contribution in [0.3, 0.4) is 0 Å². The molecule has 1 amide bonds. The Balaban J connectivity index is 1.66. The van der Waals surface area contributed by atoms with E-state index < -0.39 is 65.3 Å². The topological polar surface area (TPSA) is 105 Å². The molecule has 0 radical (unpaired) electrons. The van der Waals surface area contributed by atoms with Gasteiger partial charge in [-0.15, -0.1) is 0 Å². The van der Waals surface area contributed by atoms with E-state index in [1.165, 1.54) is 13.0 Å². The number of halogens is 6. The Morgan fingerprint density at radius 3 is 2.31 bits per heavy atom. The lowest BCUT2D eigenvalue weighted by Gasteiger charge is -2.34. The monoisotopic (exact) mass is 592 g/mol. The number of hydrogen-bond donors (Lipinski definition) is 1. The summed E-state index contributed by atoms with van der Waals surface area (Å²) >= 11 is 12.2. The summed E-state index contributed by atoms with van der Waals surface area (Å²) in [5.41, 5.74) is -4.85. The number of aryl methyl sites for hydroxylation is 1. The third-order valence-corrected chi connectivity index (χ3v) is 8.01. The highest BCUT2D eigenvalue weighted by Gasteiger charge is 2.48. The van der Waals surface area contributed by atoms with E-state index in [4.69, 9.17) is 23.2 Å². The number of hydrogen-bond acceptors (Lipinski definition) is 5. The third kappa shape index (κ3) is 6.06. The molecule has 14 heteroatoms. The maximum absolute atomic E-state index is 14.8. The van der Waals surface area contributed by atoms with Crippen LogP contribution in [0.4, 0.5) is 17.6 Å². The van der Waals surface area contributed by atoms with Gasteiger partial charge in [0.2, 0.25) is 0 Å². The van der Waals surface area contributed by atoms with Crippen molar-refractivity contribution < 1.29 is 37.1 Å². The highest BCUT2D eigenvalue weighted by molar-refractivity contribution is 6.39. The van der Waals surface area contributed by atoms with Crippen molar-refractivity contribution in [2.24, 2.45) is 5.41 Å². The molecule has 0 spiro atoms. The smallest absolute Gasteiger partial charge is 0.433 e. The van der Waals surface area contributed by atoms with Gasteiger partial charge in [0.05, 0.1) is 46.9 Å². The van der Waals surface area contributed by atoms with Crippen molar-refractivity contribution in [3.63, 3.8) is 0 Å². The van der Waals surface area contributed by atoms with Gasteiger partial charge in [0, 0.05) is 5.69 Å². The lowest BCUT2D eigenvalue weighted by Crippen LogP contribution is -2.41. The summed E-state index contributed by atoms with van der Waals surface area (Å²) in [5, 5.41) is 13.0. The number of aromatic nitrogens is 3. The minimum atomic E-state index is -5.01. The molecule has 2 aromatic rings. The molecule has 2 saturated carbocycles. The lowest BCUT2D eigenvalue weighted by atomic mass is 9.74. The second kappa shape index (κ2) is 10.3. The maximum Gasteiger partial charge on any atom is 0.433 e. The van der Waals surface area contributed by atoms with Gasteiger partial charge in [0.1, 0.15) is 10.8 Å². The zero-order valence-corrected chi connectivity index (χ0v) is 22.6. The summed E-state index contributed by atoms with van der Waals surface area (Å²) in [6, 6.07) is 0.577. The van der Waals surface area contributed by atoms with Crippen molar-refractivity contribution in [1.82, 2.24) is 19.7 Å². The zero-order valence-electron chi connectivity index (χ0n) is 21.1. The average molecular weight is 593 g/mol. The Morgan fingerprint density at radius 2 is 1.79 bits per heavy atom. The van der Waals surface area contributed by atoms with Gasteiger partial charge in [-0.3, -0.25) is 19.1 Å². The number of carbonyl (C=O) groups excluding carboxylic acids is 2. The number of carboxylic acids is 1. The Morgan fingerprint density at radius 1 is 1.18 bits per heavy atom. The van der Waals surface area contributed by atoms with Crippen molar-refractivity contribution in [3.05, 3.63) is 45.0 Å². The van der Waals surface area contributed by atoms with Crippen molar-refractivity contribution in [1.29, 1.82) is 0 Å². The van der Waals surface area contributed by atoms with E-state index in [-0.39, 0.29) is 54.3 Å². The Hall–Kier alpha value is -2.73. The van der Waals surface area contributed by atoms with Gasteiger partial charge in [-0.25, -0.2) is 9.37 Å². The van der Waals surface area contributed by atoms with E-state index in [2.05, 4.69) is 10.1 Å². The van der Waals surface area contributed by atoms with Crippen LogP contribution in [0.15, 0.2) is 12.3 Å². The van der Waals surface area contributed by atoms with Crippen LogP contribution in [0, 0.1) is 12.3 Å². The minimum absolute atomic E-state index is 0.0549. The number of carboxylic acid groups (broad SMARTS) is 1. The predicted octanol–water partition coefficient (Wildman–Crippen LogP) is 5.95. The van der Waals surface area contributed by atoms with Crippen molar-refractivity contribution in [2.75, 3.05) is 13.1 Å². The van der Waals surface area contributed by atoms with Gasteiger partial charge in [-0.1, -0.05) is 23.2 Å². The first-order valence-corrected chi connectivity index (χ1v) is 13.0. The van der Waals surface area contributed by atoms with Crippen LogP contribution in [-0.4, -0.2) is 61.2 Å². The number of alkyl halides is 4. The second-order valence-corrected chi connectivity index (χ2v) is 11.4. The largest absolute Gasteiger partial charge is 0.481 e. The molecule has 2 aliphatic carbocycles. The van der Waals surface area contributed by atoms with Crippen LogP contribution >= 0.6 is 23.2 Å². The first kappa shape index (κ1) is 29.3. The van der Waals surface area contributed by atoms with Crippen molar-refractivity contribution in [3.8, 4) is 0 Å². The summed E-state index contributed by atoms with van der Waals surface area (Å²) in [6.07, 6.45) is -3.59. The first-order valence-electron chi connectivity index (χ1n) is 12.3. The fourth-order valence-corrected chi connectivity index (χ4v) is 5.62. The fraction of sp³-hybridized carbons (Fsp3) is 0.560. The lowest BCUT2D eigenvalue weighted by molar-refractivity contribution is -0.152. The Kier molecular flexibility index (Phi) is 7.76. The number of rotatable bonds is 8. The van der Waals surface area contributed by atoms with E-state index >= 15 is 0 Å². The SMILES string of the molecule is Cc1cc(Cl)c(C(=O)CN(CC2(F)CC2)C(=O)c2cnn([C@H]3CC[C@](C)(C(=O)O)CC3)c2C(F)(F)F)c(Cl)n1. The van der Waals surface area contributed by atoms with Crippen molar-refractivity contribution >= 4 is 40.9 Å². The van der Waals surface area contributed by atoms with Crippen LogP contribution in [0.25, 0.3) is 0 Å². The highest BCUT2D eigenvalue weighted by Crippen LogP contribution is 2.44. The van der Waals surface area contributed by atoms with Gasteiger partial charge in [-0.05, 0) is 58.4 Å². The fourth-order valence-electron chi connectivity index (χ4n) is 4.88. The first-order chi connectivity index (χ1) is 18.0. The van der Waals surface area contributed by atoms with E-state index in [1.807, 2.05) is 0 Å². The average Bonchev–Trinajstić information content (AvgIpc) is 3.36. The molecule has 0 saturated heterocycles. The number of pyridine rings is 1. The number of ketones is 1. The van der Waals surface area contributed by atoms with Gasteiger partial charge in [0.15, 0.2) is 11.5 Å². The second-order valence-electron chi connectivity index (χ2n) is 10.6. The Labute approximate surface area is 231 Å². The highest BCUT2D eigenvalue weighted by atomic mass is 35.5. The van der Waals surface area contributed by atoms with Crippen LogP contribution < -0.4 is 0 Å². The molecule has 4 rings (SSSR count). The molecule has 39 heavy (non-hydrogen) atoms. The van der Waals surface area contributed by atoms with Gasteiger partial charge < -0.3 is 10.0 Å². The predicted molar refractivity (Wildman–Crippen MR) is 133 cm³/mol. The van der Waals surface area contributed by atoms with Gasteiger partial charge >= 0.3 is 12.1 Å². The van der Waals surface area contributed by atoms with E-state index in [0.717, 1.165) is 11.1 Å². The molecule has 0 bridgehead atoms. The zero-order chi connectivity index (χ0) is 28.9. The van der Waals surface area contributed by atoms with E-state index in [0.29, 0.717) is 10.4 Å². The molecule has 212 valence electrons. The summed E-state index contributed by atoms with van der Waals surface area (Å²) in [7, 11) is 0. The summed E-state index contributed by atoms with van der Waals surface area (Å²) in [6.45, 7) is 1.75. The van der Waals surface area contributed by atoms with Crippen LogP contribution in [0.1, 0.15) is 83.6 Å². The third-order valence-electron chi connectivity index (χ3n) is 7.44. The molecular formula is C25H26Cl2F4N4O4. The molecule has 0 aromatic carbocycles. The molecule has 2 fully saturated rings. The van der Waals surface area contributed by atoms with Crippen molar-refractivity contribution in [2.45, 2.75) is 70.3 Å². The normalized spacial score (nSPS) is 22.4. The summed E-state index contributed by atoms with van der Waals surface area (Å²) in [5.74, 6) is -3.06. The molecule has 2 aliphatic rings. The van der Waals surface area contributed by atoms with Gasteiger partial charge in [0.25, 0.3) is 5.91 Å². The molecule has 2 heterocycles. The van der Waals surface area contributed by atoms with Crippen LogP contribution in [-0.2, 0) is 11.0 Å². The Bertz CT molecular complexity index is 1290. The number of amides is 1. The minimum Gasteiger partial charge on any atom is -0.481 e. The molecule has 2 aromatic heterocycles. The summed E-state index contributed by atoms with van der Waals surface area (Å²) in [4.78, 5) is 42.8. The number of aliphatic carboxylic acids is 1. The maximum atomic E-state index is 14.8. The van der Waals surface area contributed by atoms with Crippen LogP contribution in [0.2, 0.25) is 10.2 Å². The molecule has 8 nitrogen and oxygen atoms in total. The molecule has 0 atom stereocenters. The van der Waals surface area contributed by atoms with E-state index in [1.54, 1.807) is 6.92 Å². The molecule has 1 N–H and O–H groups in total. The number of nitrogens with zero attached hydrogens (tertiary/aromatic N) is 4. The van der Waals surface area contributed by atoms with Crippen LogP contribution in [0.5, 0.6) is 0 Å². The van der Waals surface area contributed by atoms with Gasteiger partial charge in [-0.2, -0.15) is 18.3 Å². The number of Topliss-reactive ketones (excluding diaryl/α,β-unsaturated/α-hetero) is 1. The quantitative estimate of drug-likeness (QED) is 0.231. The van der Waals surface area contributed by atoms with E-state index in [9.17, 15) is 37.1 Å². The number of carbonyl (C=O) groups is 3.